The van der Waals surface area contributed by atoms with Gasteiger partial charge < -0.3 is 14.2 Å². The van der Waals surface area contributed by atoms with Crippen molar-refractivity contribution in [3.05, 3.63) is 35.9 Å². The van der Waals surface area contributed by atoms with Crippen LogP contribution in [0.15, 0.2) is 30.4 Å². The molecule has 0 bridgehead atoms. The van der Waals surface area contributed by atoms with Gasteiger partial charge in [0.2, 0.25) is 0 Å². The summed E-state index contributed by atoms with van der Waals surface area (Å²) in [6, 6.07) is 6.00. The second-order valence-corrected chi connectivity index (χ2v) is 5.09. The smallest absolute Gasteiger partial charge is 0.161 e. The van der Waals surface area contributed by atoms with Gasteiger partial charge in [-0.25, -0.2) is 0 Å². The van der Waals surface area contributed by atoms with Crippen LogP contribution < -0.4 is 9.47 Å². The lowest BCUT2D eigenvalue weighted by Crippen LogP contribution is -2.04. The Balaban J connectivity index is 2.63. The molecule has 0 saturated carbocycles. The lowest BCUT2D eigenvalue weighted by atomic mass is 10.2. The van der Waals surface area contributed by atoms with Crippen LogP contribution in [-0.4, -0.2) is 19.3 Å². The summed E-state index contributed by atoms with van der Waals surface area (Å²) in [5, 5.41) is 0. The summed E-state index contributed by atoms with van der Waals surface area (Å²) in [5.41, 5.74) is 1.10. The van der Waals surface area contributed by atoms with Gasteiger partial charge in [0, 0.05) is 0 Å². The maximum atomic E-state index is 5.80. The first-order valence-corrected chi connectivity index (χ1v) is 7.82. The summed E-state index contributed by atoms with van der Waals surface area (Å²) in [6.45, 7) is 10.1. The Morgan fingerprint density at radius 2 is 1.86 bits per heavy atom. The second-order valence-electron chi connectivity index (χ2n) is 5.09. The highest BCUT2D eigenvalue weighted by Crippen LogP contribution is 2.29. The molecular weight excluding hydrogens is 264 g/mol. The van der Waals surface area contributed by atoms with Crippen molar-refractivity contribution in [3.63, 3.8) is 0 Å². The van der Waals surface area contributed by atoms with Crippen LogP contribution in [0.3, 0.4) is 0 Å². The van der Waals surface area contributed by atoms with Crippen molar-refractivity contribution < 1.29 is 14.2 Å². The lowest BCUT2D eigenvalue weighted by Gasteiger charge is -2.14. The maximum absolute atomic E-state index is 5.80. The Kier molecular flexibility index (Phi) is 8.60. The quantitative estimate of drug-likeness (QED) is 0.460. The van der Waals surface area contributed by atoms with Gasteiger partial charge in [0.05, 0.1) is 25.9 Å². The fraction of sp³-hybridized carbons (Fsp3) is 0.556. The van der Waals surface area contributed by atoms with Gasteiger partial charge in [-0.15, -0.1) is 0 Å². The number of allylic oxidation sites excluding steroid dienone is 1. The first kappa shape index (κ1) is 17.6. The Bertz CT molecular complexity index is 424. The number of rotatable bonds is 10. The van der Waals surface area contributed by atoms with Crippen LogP contribution in [0.25, 0.3) is 0 Å². The van der Waals surface area contributed by atoms with Crippen molar-refractivity contribution in [1.82, 2.24) is 0 Å². The van der Waals surface area contributed by atoms with Crippen LogP contribution in [0.5, 0.6) is 11.5 Å². The van der Waals surface area contributed by atoms with Gasteiger partial charge in [-0.2, -0.15) is 0 Å². The van der Waals surface area contributed by atoms with E-state index in [2.05, 4.69) is 19.1 Å². The van der Waals surface area contributed by atoms with Crippen molar-refractivity contribution in [2.75, 3.05) is 13.2 Å². The van der Waals surface area contributed by atoms with Crippen molar-refractivity contribution >= 4 is 0 Å². The van der Waals surface area contributed by atoms with Gasteiger partial charge in [0.15, 0.2) is 11.5 Å². The van der Waals surface area contributed by atoms with E-state index in [0.29, 0.717) is 19.8 Å². The molecule has 0 radical (unpaired) electrons. The number of ether oxygens (including phenoxy) is 3. The van der Waals surface area contributed by atoms with E-state index >= 15 is 0 Å². The minimum absolute atomic E-state index is 0.224. The third-order valence-electron chi connectivity index (χ3n) is 2.84. The Morgan fingerprint density at radius 1 is 1.05 bits per heavy atom. The summed E-state index contributed by atoms with van der Waals surface area (Å²) in [4.78, 5) is 0. The standard InChI is InChI=1S/C18H28O3/c1-5-7-8-9-12-20-17-11-10-16(14-21-15(3)4)13-18(17)19-6-2/h7-8,10-11,13,15H,5-6,9,12,14H2,1-4H3. The van der Waals surface area contributed by atoms with Gasteiger partial charge in [0.25, 0.3) is 0 Å². The lowest BCUT2D eigenvalue weighted by molar-refractivity contribution is 0.0655. The summed E-state index contributed by atoms with van der Waals surface area (Å²) in [7, 11) is 0. The van der Waals surface area contributed by atoms with Crippen LogP contribution in [-0.2, 0) is 11.3 Å². The van der Waals surface area contributed by atoms with E-state index in [0.717, 1.165) is 29.9 Å². The van der Waals surface area contributed by atoms with E-state index in [1.54, 1.807) is 0 Å². The zero-order chi connectivity index (χ0) is 15.5. The molecule has 0 amide bonds. The highest BCUT2D eigenvalue weighted by atomic mass is 16.5. The summed E-state index contributed by atoms with van der Waals surface area (Å²) in [5.74, 6) is 1.59. The molecule has 0 aliphatic heterocycles. The molecule has 0 aliphatic rings. The molecular formula is C18H28O3. The fourth-order valence-corrected chi connectivity index (χ4v) is 1.81. The fourth-order valence-electron chi connectivity index (χ4n) is 1.81. The van der Waals surface area contributed by atoms with Gasteiger partial charge in [-0.3, -0.25) is 0 Å². The third kappa shape index (κ3) is 7.19. The molecule has 21 heavy (non-hydrogen) atoms. The molecule has 0 saturated heterocycles. The molecule has 3 nitrogen and oxygen atoms in total. The van der Waals surface area contributed by atoms with Crippen molar-refractivity contribution in [1.29, 1.82) is 0 Å². The van der Waals surface area contributed by atoms with Crippen LogP contribution >= 0.6 is 0 Å². The highest BCUT2D eigenvalue weighted by molar-refractivity contribution is 5.42. The molecule has 0 spiro atoms. The zero-order valence-corrected chi connectivity index (χ0v) is 13.7. The molecule has 0 fully saturated rings. The summed E-state index contributed by atoms with van der Waals surface area (Å²) in [6.07, 6.45) is 6.50. The molecule has 0 heterocycles. The van der Waals surface area contributed by atoms with E-state index in [-0.39, 0.29) is 6.10 Å². The number of hydrogen-bond donors (Lipinski definition) is 0. The van der Waals surface area contributed by atoms with Crippen LogP contribution in [0, 0.1) is 0 Å². The minimum atomic E-state index is 0.224. The van der Waals surface area contributed by atoms with Crippen molar-refractivity contribution in [2.24, 2.45) is 0 Å². The molecule has 118 valence electrons. The summed E-state index contributed by atoms with van der Waals surface area (Å²) >= 11 is 0. The van der Waals surface area contributed by atoms with Gasteiger partial charge in [-0.05, 0) is 51.3 Å². The normalized spacial score (nSPS) is 11.3. The SMILES string of the molecule is CCC=CCCOc1ccc(COC(C)C)cc1OCC. The molecule has 0 atom stereocenters. The van der Waals surface area contributed by atoms with Crippen molar-refractivity contribution in [3.8, 4) is 11.5 Å². The van der Waals surface area contributed by atoms with Gasteiger partial charge >= 0.3 is 0 Å². The highest BCUT2D eigenvalue weighted by Gasteiger charge is 2.07. The Labute approximate surface area is 128 Å². The Morgan fingerprint density at radius 3 is 2.52 bits per heavy atom. The maximum Gasteiger partial charge on any atom is 0.161 e. The van der Waals surface area contributed by atoms with E-state index in [9.17, 15) is 0 Å². The first-order chi connectivity index (χ1) is 10.2. The molecule has 3 heteroatoms. The second kappa shape index (κ2) is 10.3. The number of benzene rings is 1. The zero-order valence-electron chi connectivity index (χ0n) is 13.7. The number of hydrogen-bond acceptors (Lipinski definition) is 3. The molecule has 1 aromatic rings. The monoisotopic (exact) mass is 292 g/mol. The minimum Gasteiger partial charge on any atom is -0.490 e. The molecule has 0 N–H and O–H groups in total. The van der Waals surface area contributed by atoms with E-state index in [4.69, 9.17) is 14.2 Å². The van der Waals surface area contributed by atoms with Gasteiger partial charge in [-0.1, -0.05) is 25.1 Å². The van der Waals surface area contributed by atoms with Gasteiger partial charge in [0.1, 0.15) is 0 Å². The van der Waals surface area contributed by atoms with Crippen LogP contribution in [0.2, 0.25) is 0 Å². The van der Waals surface area contributed by atoms with E-state index in [1.807, 2.05) is 39.0 Å². The van der Waals surface area contributed by atoms with Crippen LogP contribution in [0.4, 0.5) is 0 Å². The van der Waals surface area contributed by atoms with E-state index < -0.39 is 0 Å². The average molecular weight is 292 g/mol. The molecule has 1 aromatic carbocycles. The average Bonchev–Trinajstić information content (AvgIpc) is 2.47. The van der Waals surface area contributed by atoms with Crippen molar-refractivity contribution in [2.45, 2.75) is 53.2 Å². The topological polar surface area (TPSA) is 27.7 Å². The molecule has 0 unspecified atom stereocenters. The van der Waals surface area contributed by atoms with E-state index in [1.165, 1.54) is 0 Å². The largest absolute Gasteiger partial charge is 0.490 e. The predicted octanol–water partition coefficient (Wildman–Crippen LogP) is 4.75. The molecule has 0 aliphatic carbocycles. The first-order valence-electron chi connectivity index (χ1n) is 7.82. The third-order valence-corrected chi connectivity index (χ3v) is 2.84. The molecule has 1 rings (SSSR count). The van der Waals surface area contributed by atoms with Crippen LogP contribution in [0.1, 0.15) is 46.1 Å². The predicted molar refractivity (Wildman–Crippen MR) is 87.1 cm³/mol. The Hall–Kier alpha value is -1.48. The molecule has 0 aromatic heterocycles. The summed E-state index contributed by atoms with van der Waals surface area (Å²) < 4.78 is 17.1.